The first-order valence-corrected chi connectivity index (χ1v) is 14.3. The molecule has 0 saturated carbocycles. The maximum Gasteiger partial charge on any atom is 0.138 e. The minimum atomic E-state index is 0.912. The zero-order valence-corrected chi connectivity index (χ0v) is 22.8. The average Bonchev–Trinajstić information content (AvgIpc) is 3.59. The van der Waals surface area contributed by atoms with Crippen LogP contribution in [0.4, 0.5) is 0 Å². The molecule has 6 aromatic carbocycles. The topological polar surface area (TPSA) is 22.8 Å². The third-order valence-corrected chi connectivity index (χ3v) is 8.50. The van der Waals surface area contributed by atoms with Crippen LogP contribution in [0, 0.1) is 0 Å². The molecule has 0 radical (unpaired) electrons. The lowest BCUT2D eigenvalue weighted by molar-refractivity contribution is 1.09. The number of benzene rings is 6. The summed E-state index contributed by atoms with van der Waals surface area (Å²) >= 11 is 0. The molecule has 3 aromatic heterocycles. The summed E-state index contributed by atoms with van der Waals surface area (Å²) < 4.78 is 4.80. The molecule has 0 aliphatic heterocycles. The molecule has 0 N–H and O–H groups in total. The lowest BCUT2D eigenvalue weighted by Gasteiger charge is -2.13. The zero-order valence-electron chi connectivity index (χ0n) is 22.8. The molecule has 196 valence electrons. The third kappa shape index (κ3) is 3.25. The normalized spacial score (nSPS) is 11.8. The minimum Gasteiger partial charge on any atom is -0.309 e. The Labute approximate surface area is 242 Å². The Kier molecular flexibility index (Phi) is 4.90. The summed E-state index contributed by atoms with van der Waals surface area (Å²) in [6, 6.07) is 54.0. The van der Waals surface area contributed by atoms with Gasteiger partial charge >= 0.3 is 0 Å². The van der Waals surface area contributed by atoms with Crippen LogP contribution in [0.3, 0.4) is 0 Å². The Morgan fingerprint density at radius 1 is 0.405 bits per heavy atom. The van der Waals surface area contributed by atoms with Gasteiger partial charge in [0, 0.05) is 38.2 Å². The molecule has 0 fully saturated rings. The van der Waals surface area contributed by atoms with Crippen LogP contribution in [0.1, 0.15) is 0 Å². The molecule has 3 heterocycles. The summed E-state index contributed by atoms with van der Waals surface area (Å²) in [5.74, 6) is 0.912. The fourth-order valence-corrected chi connectivity index (χ4v) is 6.71. The molecule has 0 saturated heterocycles. The molecule has 0 unspecified atom stereocenters. The molecule has 3 heteroatoms. The van der Waals surface area contributed by atoms with Crippen LogP contribution in [0.2, 0.25) is 0 Å². The van der Waals surface area contributed by atoms with Gasteiger partial charge in [-0.25, -0.2) is 4.98 Å². The van der Waals surface area contributed by atoms with E-state index in [0.717, 1.165) is 28.3 Å². The minimum absolute atomic E-state index is 0.912. The summed E-state index contributed by atoms with van der Waals surface area (Å²) in [6.45, 7) is 0. The van der Waals surface area contributed by atoms with E-state index in [-0.39, 0.29) is 0 Å². The van der Waals surface area contributed by atoms with Crippen molar-refractivity contribution in [2.75, 3.05) is 0 Å². The first kappa shape index (κ1) is 23.1. The van der Waals surface area contributed by atoms with Gasteiger partial charge in [-0.05, 0) is 41.8 Å². The second-order valence-corrected chi connectivity index (χ2v) is 10.8. The standard InChI is InChI=1S/C39H25N3/c1-3-12-26(13-4-1)33-18-11-21-36(40-33)42-35-20-10-8-17-30(35)32-25-23-27-22-24-31-29-16-7-9-19-34(29)41(28-14-5-2-6-15-28)38(31)37(27)39(32)42/h1-25H. The van der Waals surface area contributed by atoms with Gasteiger partial charge in [0.25, 0.3) is 0 Å². The number of aromatic nitrogens is 3. The van der Waals surface area contributed by atoms with E-state index in [0.29, 0.717) is 0 Å². The van der Waals surface area contributed by atoms with Gasteiger partial charge in [0.2, 0.25) is 0 Å². The molecule has 0 amide bonds. The SMILES string of the molecule is c1ccc(-c2cccc(-n3c4ccccc4c4ccc5ccc6c7ccccc7n(-c7ccccc7)c6c5c43)n2)cc1. The number of nitrogens with zero attached hydrogens (tertiary/aromatic N) is 3. The Hall–Kier alpha value is -5.67. The number of pyridine rings is 1. The van der Waals surface area contributed by atoms with E-state index in [1.807, 2.05) is 6.07 Å². The molecule has 0 spiro atoms. The van der Waals surface area contributed by atoms with Gasteiger partial charge in [-0.3, -0.25) is 4.57 Å². The first-order chi connectivity index (χ1) is 20.9. The molecular formula is C39H25N3. The summed E-state index contributed by atoms with van der Waals surface area (Å²) in [5, 5.41) is 7.38. The lowest BCUT2D eigenvalue weighted by Crippen LogP contribution is -2.00. The number of hydrogen-bond acceptors (Lipinski definition) is 1. The van der Waals surface area contributed by atoms with E-state index in [2.05, 4.69) is 155 Å². The maximum atomic E-state index is 5.25. The van der Waals surface area contributed by atoms with Gasteiger partial charge in [0.05, 0.1) is 27.8 Å². The van der Waals surface area contributed by atoms with E-state index in [1.165, 1.54) is 48.9 Å². The van der Waals surface area contributed by atoms with Gasteiger partial charge in [-0.15, -0.1) is 0 Å². The Balaban J connectivity index is 1.51. The van der Waals surface area contributed by atoms with E-state index < -0.39 is 0 Å². The second-order valence-electron chi connectivity index (χ2n) is 10.8. The Morgan fingerprint density at radius 3 is 1.67 bits per heavy atom. The molecule has 9 rings (SSSR count). The van der Waals surface area contributed by atoms with Crippen molar-refractivity contribution in [1.82, 2.24) is 14.1 Å². The van der Waals surface area contributed by atoms with Crippen molar-refractivity contribution in [2.45, 2.75) is 0 Å². The zero-order chi connectivity index (χ0) is 27.6. The Bertz CT molecular complexity index is 2440. The number of hydrogen-bond donors (Lipinski definition) is 0. The predicted octanol–water partition coefficient (Wildman–Crippen LogP) is 10.1. The number of para-hydroxylation sites is 3. The molecule has 0 aliphatic carbocycles. The van der Waals surface area contributed by atoms with Crippen molar-refractivity contribution >= 4 is 54.4 Å². The van der Waals surface area contributed by atoms with Crippen LogP contribution in [0.15, 0.2) is 152 Å². The Morgan fingerprint density at radius 2 is 0.976 bits per heavy atom. The van der Waals surface area contributed by atoms with Crippen LogP contribution in [-0.2, 0) is 0 Å². The third-order valence-electron chi connectivity index (χ3n) is 8.50. The average molecular weight is 536 g/mol. The summed E-state index contributed by atoms with van der Waals surface area (Å²) in [7, 11) is 0. The van der Waals surface area contributed by atoms with Crippen LogP contribution in [0.25, 0.3) is 77.1 Å². The maximum absolute atomic E-state index is 5.25. The van der Waals surface area contributed by atoms with Crippen molar-refractivity contribution < 1.29 is 0 Å². The van der Waals surface area contributed by atoms with E-state index >= 15 is 0 Å². The first-order valence-electron chi connectivity index (χ1n) is 14.3. The smallest absolute Gasteiger partial charge is 0.138 e. The fraction of sp³-hybridized carbons (Fsp3) is 0. The van der Waals surface area contributed by atoms with Gasteiger partial charge in [-0.1, -0.05) is 115 Å². The van der Waals surface area contributed by atoms with Crippen LogP contribution < -0.4 is 0 Å². The van der Waals surface area contributed by atoms with Crippen LogP contribution in [0.5, 0.6) is 0 Å². The number of fused-ring (bicyclic) bond motifs is 9. The van der Waals surface area contributed by atoms with Gasteiger partial charge in [0.1, 0.15) is 5.82 Å². The van der Waals surface area contributed by atoms with Crippen molar-refractivity contribution in [3.8, 4) is 22.8 Å². The predicted molar refractivity (Wildman–Crippen MR) is 176 cm³/mol. The highest BCUT2D eigenvalue weighted by molar-refractivity contribution is 6.28. The van der Waals surface area contributed by atoms with Gasteiger partial charge in [0.15, 0.2) is 0 Å². The van der Waals surface area contributed by atoms with Crippen molar-refractivity contribution in [3.05, 3.63) is 152 Å². The summed E-state index contributed by atoms with van der Waals surface area (Å²) in [4.78, 5) is 5.25. The molecular weight excluding hydrogens is 510 g/mol. The fourth-order valence-electron chi connectivity index (χ4n) is 6.71. The molecule has 0 aliphatic rings. The molecule has 3 nitrogen and oxygen atoms in total. The van der Waals surface area contributed by atoms with Gasteiger partial charge in [-0.2, -0.15) is 0 Å². The van der Waals surface area contributed by atoms with E-state index in [4.69, 9.17) is 4.98 Å². The monoisotopic (exact) mass is 535 g/mol. The quantitative estimate of drug-likeness (QED) is 0.221. The number of rotatable bonds is 3. The summed E-state index contributed by atoms with van der Waals surface area (Å²) in [5.41, 5.74) is 7.97. The van der Waals surface area contributed by atoms with E-state index in [9.17, 15) is 0 Å². The van der Waals surface area contributed by atoms with E-state index in [1.54, 1.807) is 0 Å². The second kappa shape index (κ2) is 8.92. The molecule has 42 heavy (non-hydrogen) atoms. The summed E-state index contributed by atoms with van der Waals surface area (Å²) in [6.07, 6.45) is 0. The highest BCUT2D eigenvalue weighted by Gasteiger charge is 2.21. The lowest BCUT2D eigenvalue weighted by atomic mass is 10.0. The van der Waals surface area contributed by atoms with Crippen molar-refractivity contribution in [1.29, 1.82) is 0 Å². The largest absolute Gasteiger partial charge is 0.309 e. The van der Waals surface area contributed by atoms with Gasteiger partial charge < -0.3 is 4.57 Å². The molecule has 0 atom stereocenters. The highest BCUT2D eigenvalue weighted by atomic mass is 15.1. The highest BCUT2D eigenvalue weighted by Crippen LogP contribution is 2.42. The van der Waals surface area contributed by atoms with Crippen LogP contribution >= 0.6 is 0 Å². The molecule has 0 bridgehead atoms. The molecule has 9 aromatic rings. The van der Waals surface area contributed by atoms with Crippen molar-refractivity contribution in [3.63, 3.8) is 0 Å². The van der Waals surface area contributed by atoms with Crippen molar-refractivity contribution in [2.24, 2.45) is 0 Å². The van der Waals surface area contributed by atoms with Crippen LogP contribution in [-0.4, -0.2) is 14.1 Å².